The highest BCUT2D eigenvalue weighted by molar-refractivity contribution is 5.71. The van der Waals surface area contributed by atoms with Crippen LogP contribution in [0.1, 0.15) is 5.56 Å². The summed E-state index contributed by atoms with van der Waals surface area (Å²) in [5.41, 5.74) is 1.01. The summed E-state index contributed by atoms with van der Waals surface area (Å²) in [7, 11) is 0. The van der Waals surface area contributed by atoms with Gasteiger partial charge in [0.25, 0.3) is 0 Å². The minimum Gasteiger partial charge on any atom is -0.490 e. The number of halogens is 3. The third-order valence-corrected chi connectivity index (χ3v) is 2.88. The molecule has 1 fully saturated rings. The number of rotatable bonds is 5. The SMILES string of the molecule is O=C1OC[C@H](Cc2ccccc2)N1C=COCC(F)(F)F. The van der Waals surface area contributed by atoms with E-state index in [4.69, 9.17) is 4.74 Å². The van der Waals surface area contributed by atoms with Crippen LogP contribution in [0, 0.1) is 0 Å². The standard InChI is InChI=1S/C14H14F3NO3/c15-14(16,17)10-20-7-6-18-12(9-21-13(18)19)8-11-4-2-1-3-5-11/h1-7,12H,8-10H2/t12-/m0/s1. The lowest BCUT2D eigenvalue weighted by atomic mass is 10.1. The van der Waals surface area contributed by atoms with Crippen LogP contribution in [0.2, 0.25) is 0 Å². The molecule has 0 saturated carbocycles. The van der Waals surface area contributed by atoms with Crippen LogP contribution in [0.15, 0.2) is 42.8 Å². The molecular formula is C14H14F3NO3. The smallest absolute Gasteiger partial charge is 0.422 e. The van der Waals surface area contributed by atoms with Crippen molar-refractivity contribution in [1.29, 1.82) is 0 Å². The van der Waals surface area contributed by atoms with Crippen molar-refractivity contribution < 1.29 is 27.4 Å². The van der Waals surface area contributed by atoms with Crippen LogP contribution >= 0.6 is 0 Å². The first-order chi connectivity index (χ1) is 9.96. The summed E-state index contributed by atoms with van der Waals surface area (Å²) >= 11 is 0. The molecule has 1 aromatic rings. The maximum absolute atomic E-state index is 11.9. The van der Waals surface area contributed by atoms with Gasteiger partial charge in [-0.05, 0) is 12.0 Å². The molecule has 0 aromatic heterocycles. The highest BCUT2D eigenvalue weighted by Crippen LogP contribution is 2.18. The molecule has 1 aliphatic rings. The predicted molar refractivity (Wildman–Crippen MR) is 68.3 cm³/mol. The number of nitrogens with zero attached hydrogens (tertiary/aromatic N) is 1. The van der Waals surface area contributed by atoms with Gasteiger partial charge in [-0.2, -0.15) is 13.2 Å². The van der Waals surface area contributed by atoms with Crippen molar-refractivity contribution >= 4 is 6.09 Å². The molecule has 0 spiro atoms. The van der Waals surface area contributed by atoms with Gasteiger partial charge in [-0.3, -0.25) is 4.90 Å². The van der Waals surface area contributed by atoms with E-state index in [1.807, 2.05) is 30.3 Å². The van der Waals surface area contributed by atoms with Gasteiger partial charge < -0.3 is 9.47 Å². The zero-order valence-corrected chi connectivity index (χ0v) is 11.0. The molecule has 0 unspecified atom stereocenters. The first kappa shape index (κ1) is 15.2. The van der Waals surface area contributed by atoms with Gasteiger partial charge in [0.15, 0.2) is 6.61 Å². The van der Waals surface area contributed by atoms with Crippen LogP contribution in [-0.2, 0) is 15.9 Å². The van der Waals surface area contributed by atoms with Gasteiger partial charge >= 0.3 is 12.3 Å². The number of ether oxygens (including phenoxy) is 2. The number of carbonyl (C=O) groups excluding carboxylic acids is 1. The van der Waals surface area contributed by atoms with Crippen LogP contribution < -0.4 is 0 Å². The average molecular weight is 301 g/mol. The van der Waals surface area contributed by atoms with Gasteiger partial charge in [0.05, 0.1) is 12.3 Å². The Balaban J connectivity index is 1.92. The molecule has 1 amide bonds. The summed E-state index contributed by atoms with van der Waals surface area (Å²) in [6, 6.07) is 9.18. The monoisotopic (exact) mass is 301 g/mol. The Labute approximate surface area is 119 Å². The molecule has 2 rings (SSSR count). The molecule has 1 aromatic carbocycles. The van der Waals surface area contributed by atoms with Crippen LogP contribution in [0.25, 0.3) is 0 Å². The van der Waals surface area contributed by atoms with E-state index in [9.17, 15) is 18.0 Å². The van der Waals surface area contributed by atoms with Crippen molar-refractivity contribution in [1.82, 2.24) is 4.90 Å². The van der Waals surface area contributed by atoms with Crippen LogP contribution in [0.4, 0.5) is 18.0 Å². The van der Waals surface area contributed by atoms with Gasteiger partial charge in [-0.15, -0.1) is 0 Å². The van der Waals surface area contributed by atoms with Crippen molar-refractivity contribution in [3.63, 3.8) is 0 Å². The summed E-state index contributed by atoms with van der Waals surface area (Å²) in [5.74, 6) is 0. The normalized spacial score (nSPS) is 19.1. The summed E-state index contributed by atoms with van der Waals surface area (Å²) < 4.78 is 45.1. The second-order valence-corrected chi connectivity index (χ2v) is 4.54. The highest BCUT2D eigenvalue weighted by atomic mass is 19.4. The van der Waals surface area contributed by atoms with Gasteiger partial charge in [-0.1, -0.05) is 30.3 Å². The Morgan fingerprint density at radius 1 is 1.33 bits per heavy atom. The third kappa shape index (κ3) is 4.70. The summed E-state index contributed by atoms with van der Waals surface area (Å²) in [6.45, 7) is -1.20. The number of alkyl halides is 3. The molecule has 4 nitrogen and oxygen atoms in total. The minimum absolute atomic E-state index is 0.192. The highest BCUT2D eigenvalue weighted by Gasteiger charge is 2.32. The fourth-order valence-corrected chi connectivity index (χ4v) is 1.95. The van der Waals surface area contributed by atoms with Crippen molar-refractivity contribution in [3.8, 4) is 0 Å². The Bertz CT molecular complexity index is 502. The lowest BCUT2D eigenvalue weighted by molar-refractivity contribution is -0.161. The van der Waals surface area contributed by atoms with E-state index in [2.05, 4.69) is 4.74 Å². The van der Waals surface area contributed by atoms with Gasteiger partial charge in [0.2, 0.25) is 0 Å². The number of benzene rings is 1. The van der Waals surface area contributed by atoms with Crippen LogP contribution in [-0.4, -0.2) is 36.4 Å². The summed E-state index contributed by atoms with van der Waals surface area (Å²) in [5, 5.41) is 0. The molecule has 0 radical (unpaired) electrons. The van der Waals surface area contributed by atoms with E-state index in [1.165, 1.54) is 11.1 Å². The molecule has 1 atom stereocenters. The summed E-state index contributed by atoms with van der Waals surface area (Å²) in [6.07, 6.45) is -2.41. The van der Waals surface area contributed by atoms with Crippen molar-refractivity contribution in [3.05, 3.63) is 48.4 Å². The second kappa shape index (κ2) is 6.51. The minimum atomic E-state index is -4.40. The number of carbonyl (C=O) groups is 1. The van der Waals surface area contributed by atoms with E-state index >= 15 is 0 Å². The maximum atomic E-state index is 11.9. The quantitative estimate of drug-likeness (QED) is 0.784. The molecule has 7 heteroatoms. The maximum Gasteiger partial charge on any atom is 0.422 e. The topological polar surface area (TPSA) is 38.8 Å². The fourth-order valence-electron chi connectivity index (χ4n) is 1.95. The molecule has 114 valence electrons. The third-order valence-electron chi connectivity index (χ3n) is 2.88. The van der Waals surface area contributed by atoms with E-state index in [0.717, 1.165) is 11.8 Å². The lowest BCUT2D eigenvalue weighted by Crippen LogP contribution is -2.30. The molecule has 0 N–H and O–H groups in total. The van der Waals surface area contributed by atoms with Crippen LogP contribution in [0.5, 0.6) is 0 Å². The number of hydrogen-bond acceptors (Lipinski definition) is 3. The van der Waals surface area contributed by atoms with E-state index in [1.54, 1.807) is 0 Å². The van der Waals surface area contributed by atoms with Gasteiger partial charge in [0.1, 0.15) is 6.61 Å². The second-order valence-electron chi connectivity index (χ2n) is 4.54. The molecule has 1 aliphatic heterocycles. The number of cyclic esters (lactones) is 1. The molecular weight excluding hydrogens is 287 g/mol. The zero-order valence-electron chi connectivity index (χ0n) is 11.0. The molecule has 0 aliphatic carbocycles. The molecule has 21 heavy (non-hydrogen) atoms. The Hall–Kier alpha value is -2.18. The van der Waals surface area contributed by atoms with Gasteiger partial charge in [-0.25, -0.2) is 4.79 Å². The zero-order chi connectivity index (χ0) is 15.3. The Morgan fingerprint density at radius 2 is 2.05 bits per heavy atom. The molecule has 0 bridgehead atoms. The molecule has 1 heterocycles. The van der Waals surface area contributed by atoms with Crippen LogP contribution in [0.3, 0.4) is 0 Å². The van der Waals surface area contributed by atoms with E-state index < -0.39 is 18.9 Å². The number of amides is 1. The number of hydrogen-bond donors (Lipinski definition) is 0. The Morgan fingerprint density at radius 3 is 2.71 bits per heavy atom. The van der Waals surface area contributed by atoms with E-state index in [0.29, 0.717) is 6.42 Å². The summed E-state index contributed by atoms with van der Waals surface area (Å²) in [4.78, 5) is 12.8. The first-order valence-electron chi connectivity index (χ1n) is 6.30. The van der Waals surface area contributed by atoms with Gasteiger partial charge in [0, 0.05) is 6.20 Å². The Kier molecular flexibility index (Phi) is 4.72. The fraction of sp³-hybridized carbons (Fsp3) is 0.357. The van der Waals surface area contributed by atoms with E-state index in [-0.39, 0.29) is 12.6 Å². The lowest BCUT2D eigenvalue weighted by Gasteiger charge is -2.17. The first-order valence-corrected chi connectivity index (χ1v) is 6.30. The largest absolute Gasteiger partial charge is 0.490 e. The van der Waals surface area contributed by atoms with Crippen molar-refractivity contribution in [2.75, 3.05) is 13.2 Å². The van der Waals surface area contributed by atoms with Crippen molar-refractivity contribution in [2.24, 2.45) is 0 Å². The van der Waals surface area contributed by atoms with Crippen molar-refractivity contribution in [2.45, 2.75) is 18.6 Å². The molecule has 1 saturated heterocycles. The average Bonchev–Trinajstić information content (AvgIpc) is 2.76. The predicted octanol–water partition coefficient (Wildman–Crippen LogP) is 3.10.